The lowest BCUT2D eigenvalue weighted by molar-refractivity contribution is 0.0456. The number of aliphatic hydroxyl groups excluding tert-OH is 1. The summed E-state index contributed by atoms with van der Waals surface area (Å²) >= 11 is 6.45. The van der Waals surface area contributed by atoms with E-state index in [0.29, 0.717) is 47.7 Å². The van der Waals surface area contributed by atoms with Crippen molar-refractivity contribution in [3.8, 4) is 5.75 Å². The predicted octanol–water partition coefficient (Wildman–Crippen LogP) is 6.11. The molecule has 2 bridgehead atoms. The Hall–Kier alpha value is -4.00. The fourth-order valence-electron chi connectivity index (χ4n) is 8.32. The van der Waals surface area contributed by atoms with Gasteiger partial charge in [-0.3, -0.25) is 14.2 Å². The number of halogens is 1. The van der Waals surface area contributed by atoms with Gasteiger partial charge in [0.2, 0.25) is 0 Å². The number of fused-ring (bicyclic) bond motifs is 5. The fourth-order valence-corrected chi connectivity index (χ4v) is 10.5. The van der Waals surface area contributed by atoms with Crippen LogP contribution in [0.15, 0.2) is 65.4 Å². The lowest BCUT2D eigenvalue weighted by Crippen LogP contribution is -2.49. The maximum Gasteiger partial charge on any atom is 0.286 e. The first-order chi connectivity index (χ1) is 24.1. The number of amides is 1. The third-order valence-electron chi connectivity index (χ3n) is 11.0. The predicted molar refractivity (Wildman–Crippen MR) is 195 cm³/mol. The van der Waals surface area contributed by atoms with E-state index < -0.39 is 21.9 Å². The van der Waals surface area contributed by atoms with Crippen LogP contribution in [0.5, 0.6) is 5.75 Å². The van der Waals surface area contributed by atoms with Crippen molar-refractivity contribution in [2.24, 2.45) is 29.2 Å². The second-order valence-electron chi connectivity index (χ2n) is 14.6. The molecule has 4 aromatic rings. The number of benzene rings is 2. The summed E-state index contributed by atoms with van der Waals surface area (Å²) in [5.41, 5.74) is 3.84. The molecular weight excluding hydrogens is 674 g/mol. The Morgan fingerprint density at radius 2 is 2.04 bits per heavy atom. The molecule has 1 saturated carbocycles. The first-order valence-corrected chi connectivity index (χ1v) is 19.5. The average Bonchev–Trinajstić information content (AvgIpc) is 3.38. The van der Waals surface area contributed by atoms with Crippen LogP contribution in [0.25, 0.3) is 11.0 Å². The quantitative estimate of drug-likeness (QED) is 0.238. The molecule has 2 aromatic heterocycles. The molecule has 8 rings (SSSR count). The van der Waals surface area contributed by atoms with Crippen LogP contribution in [0.1, 0.15) is 60.5 Å². The van der Waals surface area contributed by atoms with Crippen LogP contribution in [0, 0.1) is 17.8 Å². The number of aromatic nitrogens is 4. The second-order valence-corrected chi connectivity index (χ2v) is 17.1. The summed E-state index contributed by atoms with van der Waals surface area (Å²) in [4.78, 5) is 25.0. The molecule has 2 aliphatic carbocycles. The number of aliphatic hydroxyl groups is 1. The van der Waals surface area contributed by atoms with Gasteiger partial charge in [-0.05, 0) is 97.7 Å². The Morgan fingerprint density at radius 3 is 2.88 bits per heavy atom. The first-order valence-electron chi connectivity index (χ1n) is 17.4. The van der Waals surface area contributed by atoms with E-state index in [9.17, 15) is 14.1 Å². The van der Waals surface area contributed by atoms with Crippen molar-refractivity contribution >= 4 is 50.0 Å². The van der Waals surface area contributed by atoms with Gasteiger partial charge in [-0.25, -0.2) is 14.2 Å². The Kier molecular flexibility index (Phi) is 8.59. The molecule has 2 aliphatic heterocycles. The zero-order chi connectivity index (χ0) is 34.6. The van der Waals surface area contributed by atoms with E-state index in [-0.39, 0.29) is 28.9 Å². The third kappa shape index (κ3) is 6.26. The van der Waals surface area contributed by atoms with Gasteiger partial charge < -0.3 is 14.7 Å². The van der Waals surface area contributed by atoms with E-state index in [1.165, 1.54) is 17.5 Å². The molecule has 1 spiro atoms. The number of hydrogen-bond acceptors (Lipinski definition) is 8. The van der Waals surface area contributed by atoms with Crippen LogP contribution in [-0.2, 0) is 28.8 Å². The fraction of sp³-hybridized carbons (Fsp3) is 0.459. The number of aryl methyl sites for hydroxylation is 2. The molecule has 6 atom stereocenters. The van der Waals surface area contributed by atoms with Crippen LogP contribution in [0.2, 0.25) is 5.02 Å². The van der Waals surface area contributed by atoms with Gasteiger partial charge >= 0.3 is 0 Å². The maximum absolute atomic E-state index is 14.7. The van der Waals surface area contributed by atoms with Crippen LogP contribution >= 0.6 is 11.6 Å². The summed E-state index contributed by atoms with van der Waals surface area (Å²) in [5, 5.41) is 17.0. The minimum absolute atomic E-state index is 0.0864. The highest BCUT2D eigenvalue weighted by Crippen LogP contribution is 2.47. The topological polar surface area (TPSA) is 135 Å². The van der Waals surface area contributed by atoms with Crippen LogP contribution < -0.4 is 14.4 Å². The molecule has 0 radical (unpaired) electrons. The maximum atomic E-state index is 14.7. The van der Waals surface area contributed by atoms with Gasteiger partial charge in [0.15, 0.2) is 11.5 Å². The Morgan fingerprint density at radius 1 is 1.16 bits per heavy atom. The highest BCUT2D eigenvalue weighted by Gasteiger charge is 2.44. The lowest BCUT2D eigenvalue weighted by Gasteiger charge is -2.45. The Balaban J connectivity index is 1.22. The van der Waals surface area contributed by atoms with Crippen molar-refractivity contribution in [3.63, 3.8) is 0 Å². The molecule has 50 heavy (non-hydrogen) atoms. The van der Waals surface area contributed by atoms with Gasteiger partial charge in [-0.1, -0.05) is 36.7 Å². The average molecular weight is 716 g/mol. The molecule has 11 nitrogen and oxygen atoms in total. The summed E-state index contributed by atoms with van der Waals surface area (Å²) in [6, 6.07) is 11.6. The van der Waals surface area contributed by atoms with Crippen LogP contribution in [0.3, 0.4) is 0 Å². The minimum Gasteiger partial charge on any atom is -0.490 e. The van der Waals surface area contributed by atoms with Gasteiger partial charge in [0.25, 0.3) is 5.91 Å². The molecule has 13 heteroatoms. The number of nitrogens with zero attached hydrogens (tertiary/aromatic N) is 6. The van der Waals surface area contributed by atoms with E-state index in [0.717, 1.165) is 49.4 Å². The number of anilines is 2. The number of rotatable bonds is 2. The zero-order valence-electron chi connectivity index (χ0n) is 28.3. The smallest absolute Gasteiger partial charge is 0.286 e. The van der Waals surface area contributed by atoms with E-state index in [4.69, 9.17) is 16.3 Å². The van der Waals surface area contributed by atoms with E-state index >= 15 is 0 Å². The number of allylic oxidation sites excluding steroid dienone is 1. The van der Waals surface area contributed by atoms with Gasteiger partial charge in [0.1, 0.15) is 22.0 Å². The third-order valence-corrected chi connectivity index (χ3v) is 13.2. The number of ether oxygens (including phenoxy) is 1. The van der Waals surface area contributed by atoms with Gasteiger partial charge in [0.05, 0.1) is 29.5 Å². The van der Waals surface area contributed by atoms with Crippen molar-refractivity contribution in [1.29, 1.82) is 0 Å². The van der Waals surface area contributed by atoms with E-state index in [2.05, 4.69) is 41.2 Å². The van der Waals surface area contributed by atoms with Crippen LogP contribution in [-0.4, -0.2) is 66.5 Å². The minimum atomic E-state index is -3.38. The molecule has 4 aliphatic rings. The van der Waals surface area contributed by atoms with Crippen molar-refractivity contribution in [1.82, 2.24) is 19.7 Å². The van der Waals surface area contributed by atoms with E-state index in [1.807, 2.05) is 37.3 Å². The standard InChI is InChI=1S/C37H42ClN7O4S/c1-23-5-3-7-32(46)28-11-8-26(28)17-45-20-37(14-4-6-24-15-27(38)10-12-30(24)37)21-49-33-13-9-25(16-31(33)45)36(47)43-50(48,19-23)42-35-29-18-44(2)41-34(29)39-22-40-35/h3,7,9-10,12-13,15-16,18,22-23,26,28,32,46H,4-6,8,11,14,17,19-21H2,1-2H3,(H,39,40,41,42,43,47,48)/b7-3-/t23-,26-,28+,32-,37-,50?/m0/s1. The Bertz CT molecular complexity index is 2130. The molecule has 4 heterocycles. The summed E-state index contributed by atoms with van der Waals surface area (Å²) in [6.07, 6.45) is 11.9. The molecule has 262 valence electrons. The van der Waals surface area contributed by atoms with Crippen molar-refractivity contribution in [2.45, 2.75) is 57.0 Å². The summed E-state index contributed by atoms with van der Waals surface area (Å²) in [5.74, 6) is 0.792. The molecular formula is C37H42ClN7O4S. The zero-order valence-corrected chi connectivity index (χ0v) is 29.9. The van der Waals surface area contributed by atoms with Gasteiger partial charge in [-0.15, -0.1) is 4.36 Å². The van der Waals surface area contributed by atoms with E-state index in [1.54, 1.807) is 24.0 Å². The largest absolute Gasteiger partial charge is 0.490 e. The number of hydrogen-bond donors (Lipinski definition) is 2. The Labute approximate surface area is 297 Å². The highest BCUT2D eigenvalue weighted by molar-refractivity contribution is 7.95. The van der Waals surface area contributed by atoms with Crippen LogP contribution in [0.4, 0.5) is 11.5 Å². The monoisotopic (exact) mass is 715 g/mol. The van der Waals surface area contributed by atoms with Crippen molar-refractivity contribution < 1.29 is 18.8 Å². The summed E-state index contributed by atoms with van der Waals surface area (Å²) < 4.78 is 30.4. The van der Waals surface area contributed by atoms with Gasteiger partial charge in [0, 0.05) is 42.3 Å². The molecule has 1 unspecified atom stereocenters. The molecule has 0 saturated heterocycles. The number of nitrogens with one attached hydrogen (secondary N) is 1. The second kappa shape index (κ2) is 13.0. The first kappa shape index (κ1) is 33.2. The molecule has 2 N–H and O–H groups in total. The molecule has 1 amide bonds. The van der Waals surface area contributed by atoms with Crippen molar-refractivity contribution in [2.75, 3.05) is 35.1 Å². The molecule has 1 fully saturated rings. The number of carbonyl (C=O) groups excluding carboxylic acids is 1. The molecule has 2 aromatic carbocycles. The highest BCUT2D eigenvalue weighted by atomic mass is 35.5. The summed E-state index contributed by atoms with van der Waals surface area (Å²) in [7, 11) is -1.60. The van der Waals surface area contributed by atoms with Gasteiger partial charge in [-0.2, -0.15) is 5.10 Å². The lowest BCUT2D eigenvalue weighted by atomic mass is 9.68. The normalized spacial score (nSPS) is 30.3. The number of carbonyl (C=O) groups is 1. The van der Waals surface area contributed by atoms with Crippen molar-refractivity contribution in [3.05, 3.63) is 82.8 Å². The SMILES string of the molecule is C[C@H]1C/C=C\[C@H](O)[C@@H]2CC[C@H]2CN2C[C@@]3(CCCc4cc(Cl)ccc43)COc3ccc(cc32)C(=O)N=S(=O)(Nc2ncnc3nn(C)cc23)C1. The summed E-state index contributed by atoms with van der Waals surface area (Å²) in [6.45, 7) is 3.88.